The van der Waals surface area contributed by atoms with Crippen LogP contribution in [0.25, 0.3) is 0 Å². The van der Waals surface area contributed by atoms with Crippen molar-refractivity contribution in [3.05, 3.63) is 0 Å². The third-order valence-corrected chi connectivity index (χ3v) is 6.11. The molecule has 1 saturated carbocycles. The van der Waals surface area contributed by atoms with Crippen molar-refractivity contribution >= 4 is 5.91 Å². The number of amides is 1. The van der Waals surface area contributed by atoms with E-state index in [0.29, 0.717) is 45.2 Å². The molecule has 1 heterocycles. The standard InChI is InChI=1S/C15H25F3N2O/c16-9-13(10-17)3-1-2-4-15(13,11-18)14(12(19)21)5-7-20-8-6-14/h20H,1-11H2,(H2,19,21). The van der Waals surface area contributed by atoms with Crippen molar-refractivity contribution in [2.45, 2.75) is 38.5 Å². The fourth-order valence-corrected chi connectivity index (χ4v) is 4.72. The first-order valence-electron chi connectivity index (χ1n) is 7.73. The van der Waals surface area contributed by atoms with Gasteiger partial charge in [-0.3, -0.25) is 18.0 Å². The fourth-order valence-electron chi connectivity index (χ4n) is 4.72. The second-order valence-corrected chi connectivity index (χ2v) is 6.67. The third-order valence-electron chi connectivity index (χ3n) is 6.11. The van der Waals surface area contributed by atoms with Gasteiger partial charge in [0, 0.05) is 10.8 Å². The first kappa shape index (κ1) is 16.6. The number of alkyl halides is 3. The molecule has 1 saturated heterocycles. The second-order valence-electron chi connectivity index (χ2n) is 6.67. The zero-order valence-corrected chi connectivity index (χ0v) is 12.4. The molecule has 0 aromatic carbocycles. The van der Waals surface area contributed by atoms with E-state index < -0.39 is 42.2 Å². The van der Waals surface area contributed by atoms with E-state index in [1.807, 2.05) is 0 Å². The van der Waals surface area contributed by atoms with Gasteiger partial charge in [0.1, 0.15) is 0 Å². The molecular weight excluding hydrogens is 281 g/mol. The van der Waals surface area contributed by atoms with Crippen LogP contribution in [0.3, 0.4) is 0 Å². The molecule has 1 aliphatic heterocycles. The summed E-state index contributed by atoms with van der Waals surface area (Å²) in [6.45, 7) is -1.70. The van der Waals surface area contributed by atoms with E-state index in [1.165, 1.54) is 0 Å². The van der Waals surface area contributed by atoms with Gasteiger partial charge < -0.3 is 11.1 Å². The highest BCUT2D eigenvalue weighted by Crippen LogP contribution is 2.63. The summed E-state index contributed by atoms with van der Waals surface area (Å²) in [4.78, 5) is 12.2. The van der Waals surface area contributed by atoms with Gasteiger partial charge in [-0.1, -0.05) is 12.8 Å². The quantitative estimate of drug-likeness (QED) is 0.819. The summed E-state index contributed by atoms with van der Waals surface area (Å²) in [6, 6.07) is 0. The van der Waals surface area contributed by atoms with Crippen LogP contribution >= 0.6 is 0 Å². The van der Waals surface area contributed by atoms with E-state index in [1.54, 1.807) is 0 Å². The smallest absolute Gasteiger partial charge is 0.224 e. The molecule has 6 heteroatoms. The Labute approximate surface area is 123 Å². The number of halogens is 3. The number of primary amides is 1. The molecule has 0 aromatic heterocycles. The van der Waals surface area contributed by atoms with Crippen molar-refractivity contribution in [1.29, 1.82) is 0 Å². The summed E-state index contributed by atoms with van der Waals surface area (Å²) in [5.41, 5.74) is 1.78. The predicted octanol–water partition coefficient (Wildman–Crippen LogP) is 2.30. The lowest BCUT2D eigenvalue weighted by molar-refractivity contribution is -0.177. The largest absolute Gasteiger partial charge is 0.369 e. The van der Waals surface area contributed by atoms with Crippen molar-refractivity contribution < 1.29 is 18.0 Å². The van der Waals surface area contributed by atoms with Gasteiger partial charge in [-0.15, -0.1) is 0 Å². The van der Waals surface area contributed by atoms with Crippen LogP contribution in [0.15, 0.2) is 0 Å². The third kappa shape index (κ3) is 2.17. The van der Waals surface area contributed by atoms with Gasteiger partial charge in [-0.25, -0.2) is 0 Å². The minimum atomic E-state index is -1.41. The van der Waals surface area contributed by atoms with Gasteiger partial charge >= 0.3 is 0 Å². The molecule has 0 radical (unpaired) electrons. The van der Waals surface area contributed by atoms with E-state index in [2.05, 4.69) is 5.32 Å². The zero-order valence-electron chi connectivity index (χ0n) is 12.4. The lowest BCUT2D eigenvalue weighted by Gasteiger charge is -2.60. The summed E-state index contributed by atoms with van der Waals surface area (Å²) in [7, 11) is 0. The monoisotopic (exact) mass is 306 g/mol. The summed E-state index contributed by atoms with van der Waals surface area (Å²) in [5, 5.41) is 3.12. The van der Waals surface area contributed by atoms with Crippen LogP contribution in [-0.2, 0) is 4.79 Å². The summed E-state index contributed by atoms with van der Waals surface area (Å²) >= 11 is 0. The average Bonchev–Trinajstić information content (AvgIpc) is 2.54. The van der Waals surface area contributed by atoms with E-state index in [9.17, 15) is 18.0 Å². The van der Waals surface area contributed by atoms with Crippen molar-refractivity contribution in [2.75, 3.05) is 33.1 Å². The molecule has 3 nitrogen and oxygen atoms in total. The van der Waals surface area contributed by atoms with Gasteiger partial charge in [0.05, 0.1) is 25.4 Å². The molecular formula is C15H25F3N2O. The summed E-state index contributed by atoms with van der Waals surface area (Å²) in [5.74, 6) is -0.602. The Morgan fingerprint density at radius 1 is 0.952 bits per heavy atom. The topological polar surface area (TPSA) is 55.1 Å². The molecule has 0 spiro atoms. The Morgan fingerprint density at radius 2 is 1.52 bits per heavy atom. The van der Waals surface area contributed by atoms with Crippen molar-refractivity contribution in [2.24, 2.45) is 22.0 Å². The molecule has 1 amide bonds. The number of hydrogen-bond donors (Lipinski definition) is 2. The van der Waals surface area contributed by atoms with E-state index in [0.717, 1.165) is 0 Å². The van der Waals surface area contributed by atoms with Crippen molar-refractivity contribution in [3.63, 3.8) is 0 Å². The molecule has 2 aliphatic rings. The van der Waals surface area contributed by atoms with Crippen LogP contribution in [-0.4, -0.2) is 39.0 Å². The average molecular weight is 306 g/mol. The number of carbonyl (C=O) groups excluding carboxylic acids is 1. The van der Waals surface area contributed by atoms with Crippen LogP contribution < -0.4 is 11.1 Å². The van der Waals surface area contributed by atoms with Crippen LogP contribution in [0, 0.1) is 16.2 Å². The number of rotatable bonds is 5. The second kappa shape index (κ2) is 6.15. The highest BCUT2D eigenvalue weighted by atomic mass is 19.1. The van der Waals surface area contributed by atoms with E-state index >= 15 is 0 Å². The number of hydrogen-bond acceptors (Lipinski definition) is 2. The predicted molar refractivity (Wildman–Crippen MR) is 75.0 cm³/mol. The zero-order chi connectivity index (χ0) is 15.6. The maximum Gasteiger partial charge on any atom is 0.224 e. The molecule has 1 aliphatic carbocycles. The molecule has 2 fully saturated rings. The number of nitrogens with one attached hydrogen (secondary N) is 1. The highest BCUT2D eigenvalue weighted by Gasteiger charge is 2.66. The molecule has 1 unspecified atom stereocenters. The summed E-state index contributed by atoms with van der Waals surface area (Å²) in [6.07, 6.45) is 2.69. The van der Waals surface area contributed by atoms with Gasteiger partial charge in [-0.2, -0.15) is 0 Å². The molecule has 122 valence electrons. The van der Waals surface area contributed by atoms with Gasteiger partial charge in [0.2, 0.25) is 5.91 Å². The Balaban J connectivity index is 2.56. The first-order chi connectivity index (χ1) is 10.0. The molecule has 1 atom stereocenters. The minimum absolute atomic E-state index is 0.284. The van der Waals surface area contributed by atoms with E-state index in [4.69, 9.17) is 5.73 Å². The van der Waals surface area contributed by atoms with E-state index in [-0.39, 0.29) is 6.42 Å². The van der Waals surface area contributed by atoms with Crippen LogP contribution in [0.5, 0.6) is 0 Å². The molecule has 0 aromatic rings. The van der Waals surface area contributed by atoms with Crippen molar-refractivity contribution in [3.8, 4) is 0 Å². The minimum Gasteiger partial charge on any atom is -0.369 e. The molecule has 2 rings (SSSR count). The molecule has 3 N–H and O–H groups in total. The highest BCUT2D eigenvalue weighted by molar-refractivity contribution is 5.82. The Bertz CT molecular complexity index is 381. The Kier molecular flexibility index (Phi) is 4.85. The SMILES string of the molecule is NC(=O)C1(C2(CF)CCCCC2(CF)CF)CCNCC1. The first-order valence-corrected chi connectivity index (χ1v) is 7.73. The summed E-state index contributed by atoms with van der Waals surface area (Å²) < 4.78 is 41.9. The van der Waals surface area contributed by atoms with Gasteiger partial charge in [0.15, 0.2) is 0 Å². The number of nitrogens with two attached hydrogens (primary N) is 1. The van der Waals surface area contributed by atoms with Gasteiger partial charge in [0.25, 0.3) is 0 Å². The lowest BCUT2D eigenvalue weighted by Crippen LogP contribution is -2.65. The Morgan fingerprint density at radius 3 is 2.00 bits per heavy atom. The van der Waals surface area contributed by atoms with Crippen LogP contribution in [0.4, 0.5) is 13.2 Å². The normalized spacial score (nSPS) is 31.8. The molecule has 21 heavy (non-hydrogen) atoms. The Hall–Kier alpha value is -0.780. The van der Waals surface area contributed by atoms with Crippen LogP contribution in [0.2, 0.25) is 0 Å². The van der Waals surface area contributed by atoms with Gasteiger partial charge in [-0.05, 0) is 38.8 Å². The fraction of sp³-hybridized carbons (Fsp3) is 0.933. The lowest BCUT2D eigenvalue weighted by atomic mass is 9.44. The maximum atomic E-state index is 14.2. The van der Waals surface area contributed by atoms with Crippen molar-refractivity contribution in [1.82, 2.24) is 5.32 Å². The van der Waals surface area contributed by atoms with Crippen LogP contribution in [0.1, 0.15) is 38.5 Å². The maximum absolute atomic E-state index is 14.2. The number of carbonyl (C=O) groups is 1. The number of piperidine rings is 1. The molecule has 0 bridgehead atoms.